The topological polar surface area (TPSA) is 101 Å². The SMILES string of the molecule is O=C(Nc1cccnc1)c1ccc2nc(NS(=O)(=O)c3ccc(F)cc3)sc2c1. The number of rotatable bonds is 5. The fourth-order valence-corrected chi connectivity index (χ4v) is 4.68. The average Bonchev–Trinajstić information content (AvgIpc) is 3.09. The van der Waals surface area contributed by atoms with E-state index in [0.717, 1.165) is 23.5 Å². The fraction of sp³-hybridized carbons (Fsp3) is 0. The van der Waals surface area contributed by atoms with Crippen molar-refractivity contribution in [3.05, 3.63) is 78.4 Å². The Morgan fingerprint density at radius 1 is 1.07 bits per heavy atom. The Kier molecular flexibility index (Phi) is 4.95. The Hall–Kier alpha value is -3.37. The number of anilines is 2. The van der Waals surface area contributed by atoms with Crippen LogP contribution in [0, 0.1) is 5.82 Å². The molecule has 0 saturated heterocycles. The molecule has 2 aromatic carbocycles. The van der Waals surface area contributed by atoms with Crippen molar-refractivity contribution in [3.63, 3.8) is 0 Å². The first-order valence-electron chi connectivity index (χ1n) is 8.31. The van der Waals surface area contributed by atoms with E-state index >= 15 is 0 Å². The summed E-state index contributed by atoms with van der Waals surface area (Å²) in [5, 5.41) is 2.88. The van der Waals surface area contributed by atoms with Crippen molar-refractivity contribution in [1.29, 1.82) is 0 Å². The third kappa shape index (κ3) is 4.23. The highest BCUT2D eigenvalue weighted by atomic mass is 32.2. The third-order valence-corrected chi connectivity index (χ3v) is 6.33. The third-order valence-electron chi connectivity index (χ3n) is 3.92. The van der Waals surface area contributed by atoms with Gasteiger partial charge in [-0.25, -0.2) is 17.8 Å². The quantitative estimate of drug-likeness (QED) is 0.502. The highest BCUT2D eigenvalue weighted by Gasteiger charge is 2.17. The Morgan fingerprint density at radius 2 is 1.86 bits per heavy atom. The summed E-state index contributed by atoms with van der Waals surface area (Å²) >= 11 is 1.09. The van der Waals surface area contributed by atoms with Crippen molar-refractivity contribution in [1.82, 2.24) is 9.97 Å². The first-order chi connectivity index (χ1) is 13.9. The van der Waals surface area contributed by atoms with Crippen LogP contribution in [0.25, 0.3) is 10.2 Å². The molecular weight excluding hydrogens is 415 g/mol. The number of pyridine rings is 1. The predicted octanol–water partition coefficient (Wildman–Crippen LogP) is 3.88. The van der Waals surface area contributed by atoms with Crippen LogP contribution in [0.2, 0.25) is 0 Å². The standard InChI is InChI=1S/C19H13FN4O3S2/c20-13-4-6-15(7-5-13)29(26,27)24-19-23-16-8-3-12(10-17(16)28-19)18(25)22-14-2-1-9-21-11-14/h1-11H,(H,22,25)(H,23,24). The molecule has 0 unspecified atom stereocenters. The van der Waals surface area contributed by atoms with Crippen LogP contribution in [-0.2, 0) is 10.0 Å². The first-order valence-corrected chi connectivity index (χ1v) is 10.6. The van der Waals surface area contributed by atoms with Gasteiger partial charge in [0, 0.05) is 11.8 Å². The van der Waals surface area contributed by atoms with Crippen LogP contribution in [0.3, 0.4) is 0 Å². The largest absolute Gasteiger partial charge is 0.321 e. The molecule has 7 nitrogen and oxygen atoms in total. The number of sulfonamides is 1. The molecule has 0 atom stereocenters. The summed E-state index contributed by atoms with van der Waals surface area (Å²) in [6, 6.07) is 12.8. The molecule has 146 valence electrons. The monoisotopic (exact) mass is 428 g/mol. The number of halogens is 1. The van der Waals surface area contributed by atoms with E-state index in [1.54, 1.807) is 36.5 Å². The van der Waals surface area contributed by atoms with Gasteiger partial charge >= 0.3 is 0 Å². The van der Waals surface area contributed by atoms with Crippen LogP contribution < -0.4 is 10.0 Å². The van der Waals surface area contributed by atoms with E-state index < -0.39 is 15.8 Å². The van der Waals surface area contributed by atoms with Crippen LogP contribution in [-0.4, -0.2) is 24.3 Å². The summed E-state index contributed by atoms with van der Waals surface area (Å²) in [5.41, 5.74) is 1.51. The smallest absolute Gasteiger partial charge is 0.263 e. The molecule has 2 aromatic heterocycles. The minimum atomic E-state index is -3.90. The number of benzene rings is 2. The van der Waals surface area contributed by atoms with Crippen molar-refractivity contribution in [2.24, 2.45) is 0 Å². The lowest BCUT2D eigenvalue weighted by atomic mass is 10.2. The van der Waals surface area contributed by atoms with E-state index in [-0.39, 0.29) is 15.9 Å². The summed E-state index contributed by atoms with van der Waals surface area (Å²) < 4.78 is 40.9. The van der Waals surface area contributed by atoms with Crippen molar-refractivity contribution < 1.29 is 17.6 Å². The summed E-state index contributed by atoms with van der Waals surface area (Å²) in [7, 11) is -3.90. The van der Waals surface area contributed by atoms with Crippen molar-refractivity contribution in [2.45, 2.75) is 4.90 Å². The van der Waals surface area contributed by atoms with E-state index in [1.165, 1.54) is 18.3 Å². The Labute approximate surface area is 169 Å². The second kappa shape index (κ2) is 7.57. The van der Waals surface area contributed by atoms with Crippen LogP contribution in [0.4, 0.5) is 15.2 Å². The molecule has 0 aliphatic carbocycles. The first kappa shape index (κ1) is 19.0. The maximum Gasteiger partial charge on any atom is 0.263 e. The van der Waals surface area contributed by atoms with E-state index in [2.05, 4.69) is 20.0 Å². The molecule has 0 radical (unpaired) electrons. The number of hydrogen-bond acceptors (Lipinski definition) is 6. The molecular formula is C19H13FN4O3S2. The molecule has 4 rings (SSSR count). The van der Waals surface area contributed by atoms with E-state index in [4.69, 9.17) is 0 Å². The van der Waals surface area contributed by atoms with Crippen LogP contribution in [0.5, 0.6) is 0 Å². The van der Waals surface area contributed by atoms with Gasteiger partial charge in [-0.15, -0.1) is 0 Å². The zero-order valence-electron chi connectivity index (χ0n) is 14.7. The fourth-order valence-electron chi connectivity index (χ4n) is 2.54. The highest BCUT2D eigenvalue weighted by Crippen LogP contribution is 2.29. The van der Waals surface area contributed by atoms with Crippen LogP contribution in [0.1, 0.15) is 10.4 Å². The van der Waals surface area contributed by atoms with Gasteiger partial charge in [-0.05, 0) is 54.6 Å². The maximum absolute atomic E-state index is 13.0. The van der Waals surface area contributed by atoms with Crippen molar-refractivity contribution >= 4 is 48.3 Å². The number of amides is 1. The average molecular weight is 428 g/mol. The molecule has 0 spiro atoms. The lowest BCUT2D eigenvalue weighted by Crippen LogP contribution is -2.12. The number of carbonyl (C=O) groups is 1. The molecule has 10 heteroatoms. The number of nitrogens with zero attached hydrogens (tertiary/aromatic N) is 2. The Balaban J connectivity index is 1.57. The minimum absolute atomic E-state index is 0.0744. The normalized spacial score (nSPS) is 11.3. The van der Waals surface area contributed by atoms with E-state index in [9.17, 15) is 17.6 Å². The molecule has 2 N–H and O–H groups in total. The summed E-state index contributed by atoms with van der Waals surface area (Å²) in [4.78, 5) is 20.5. The molecule has 0 aliphatic heterocycles. The zero-order valence-corrected chi connectivity index (χ0v) is 16.3. The molecule has 0 saturated carbocycles. The number of aromatic nitrogens is 2. The predicted molar refractivity (Wildman–Crippen MR) is 109 cm³/mol. The van der Waals surface area contributed by atoms with Crippen LogP contribution in [0.15, 0.2) is 71.9 Å². The summed E-state index contributed by atoms with van der Waals surface area (Å²) in [6.07, 6.45) is 3.14. The lowest BCUT2D eigenvalue weighted by molar-refractivity contribution is 0.102. The van der Waals surface area contributed by atoms with Gasteiger partial charge in [0.15, 0.2) is 5.13 Å². The van der Waals surface area contributed by atoms with Gasteiger partial charge in [0.1, 0.15) is 5.82 Å². The number of carbonyl (C=O) groups excluding carboxylic acids is 1. The number of thiazole rings is 1. The Morgan fingerprint density at radius 3 is 2.59 bits per heavy atom. The molecule has 29 heavy (non-hydrogen) atoms. The molecule has 2 heterocycles. The maximum atomic E-state index is 13.0. The van der Waals surface area contributed by atoms with Gasteiger partial charge in [-0.2, -0.15) is 0 Å². The van der Waals surface area contributed by atoms with Gasteiger partial charge in [0.2, 0.25) is 0 Å². The summed E-state index contributed by atoms with van der Waals surface area (Å²) in [6.45, 7) is 0. The second-order valence-corrected chi connectivity index (χ2v) is 8.67. The van der Waals surface area contributed by atoms with Gasteiger partial charge in [-0.1, -0.05) is 11.3 Å². The molecule has 0 aliphatic rings. The van der Waals surface area contributed by atoms with Gasteiger partial charge in [-0.3, -0.25) is 14.5 Å². The summed E-state index contributed by atoms with van der Waals surface area (Å²) in [5.74, 6) is -0.845. The number of hydrogen-bond donors (Lipinski definition) is 2. The Bertz CT molecular complexity index is 1290. The number of nitrogens with one attached hydrogen (secondary N) is 2. The second-order valence-electron chi connectivity index (χ2n) is 5.96. The van der Waals surface area contributed by atoms with Gasteiger partial charge in [0.25, 0.3) is 15.9 Å². The molecule has 4 aromatic rings. The van der Waals surface area contributed by atoms with Crippen LogP contribution >= 0.6 is 11.3 Å². The molecule has 0 bridgehead atoms. The lowest BCUT2D eigenvalue weighted by Gasteiger charge is -2.04. The van der Waals surface area contributed by atoms with Crippen molar-refractivity contribution in [2.75, 3.05) is 10.0 Å². The minimum Gasteiger partial charge on any atom is -0.321 e. The van der Waals surface area contributed by atoms with E-state index in [0.29, 0.717) is 21.5 Å². The number of fused-ring (bicyclic) bond motifs is 1. The van der Waals surface area contributed by atoms with Gasteiger partial charge in [0.05, 0.1) is 27.0 Å². The zero-order chi connectivity index (χ0) is 20.4. The van der Waals surface area contributed by atoms with E-state index in [1.807, 2.05) is 0 Å². The highest BCUT2D eigenvalue weighted by molar-refractivity contribution is 7.93. The molecule has 1 amide bonds. The molecule has 0 fully saturated rings. The van der Waals surface area contributed by atoms with Crippen molar-refractivity contribution in [3.8, 4) is 0 Å². The van der Waals surface area contributed by atoms with Gasteiger partial charge < -0.3 is 5.32 Å².